The van der Waals surface area contributed by atoms with E-state index in [1.807, 2.05) is 48.5 Å². The number of aromatic nitrogens is 2. The molecule has 1 fully saturated rings. The van der Waals surface area contributed by atoms with E-state index in [0.29, 0.717) is 5.92 Å². The monoisotopic (exact) mass is 408 g/mol. The van der Waals surface area contributed by atoms with Crippen LogP contribution >= 0.6 is 0 Å². The van der Waals surface area contributed by atoms with E-state index in [9.17, 15) is 9.50 Å². The fraction of sp³-hybridized carbons (Fsp3) is 0.148. The molecule has 3 aromatic carbocycles. The van der Waals surface area contributed by atoms with Gasteiger partial charge in [-0.15, -0.1) is 0 Å². The molecule has 2 aromatic heterocycles. The SMILES string of the molecule is OC(c1ccc2c(c1)cc(C1CC1)n2-c1ccc(F)cc1)c1ccnc2ccccc12. The number of pyridine rings is 1. The summed E-state index contributed by atoms with van der Waals surface area (Å²) in [5.74, 6) is 0.304. The second-order valence-corrected chi connectivity index (χ2v) is 8.29. The Hall–Kier alpha value is -3.50. The van der Waals surface area contributed by atoms with E-state index in [-0.39, 0.29) is 5.82 Å². The number of para-hydroxylation sites is 1. The maximum absolute atomic E-state index is 13.5. The molecule has 1 saturated carbocycles. The molecule has 2 heterocycles. The minimum absolute atomic E-state index is 0.233. The van der Waals surface area contributed by atoms with Crippen LogP contribution in [-0.2, 0) is 0 Å². The molecule has 3 nitrogen and oxygen atoms in total. The van der Waals surface area contributed by atoms with Gasteiger partial charge in [0.15, 0.2) is 0 Å². The summed E-state index contributed by atoms with van der Waals surface area (Å²) in [6.45, 7) is 0. The molecule has 1 atom stereocenters. The number of benzene rings is 3. The number of aliphatic hydroxyl groups excluding tert-OH is 1. The zero-order valence-electron chi connectivity index (χ0n) is 16.9. The van der Waals surface area contributed by atoms with Crippen molar-refractivity contribution in [1.82, 2.24) is 9.55 Å². The molecule has 1 unspecified atom stereocenters. The summed E-state index contributed by atoms with van der Waals surface area (Å²) in [5.41, 5.74) is 5.87. The summed E-state index contributed by atoms with van der Waals surface area (Å²) in [6, 6.07) is 24.8. The normalized spacial score (nSPS) is 14.9. The van der Waals surface area contributed by atoms with Crippen molar-refractivity contribution >= 4 is 21.8 Å². The summed E-state index contributed by atoms with van der Waals surface area (Å²) in [4.78, 5) is 4.41. The Morgan fingerprint density at radius 1 is 0.935 bits per heavy atom. The Bertz CT molecular complexity index is 1410. The predicted octanol–water partition coefficient (Wildman–Crippen LogP) is 6.28. The summed E-state index contributed by atoms with van der Waals surface area (Å²) in [6.07, 6.45) is 3.36. The van der Waals surface area contributed by atoms with Gasteiger partial charge in [0, 0.05) is 28.4 Å². The van der Waals surface area contributed by atoms with E-state index in [1.165, 1.54) is 30.7 Å². The van der Waals surface area contributed by atoms with Crippen LogP contribution < -0.4 is 0 Å². The van der Waals surface area contributed by atoms with Crippen LogP contribution in [0.25, 0.3) is 27.5 Å². The van der Waals surface area contributed by atoms with Gasteiger partial charge < -0.3 is 9.67 Å². The van der Waals surface area contributed by atoms with Gasteiger partial charge in [-0.05, 0) is 84.5 Å². The van der Waals surface area contributed by atoms with Gasteiger partial charge in [-0.2, -0.15) is 0 Å². The van der Waals surface area contributed by atoms with Crippen molar-refractivity contribution in [2.45, 2.75) is 24.9 Å². The van der Waals surface area contributed by atoms with E-state index in [2.05, 4.69) is 27.8 Å². The van der Waals surface area contributed by atoms with Crippen molar-refractivity contribution in [3.05, 3.63) is 108 Å². The van der Waals surface area contributed by atoms with Crippen molar-refractivity contribution in [3.63, 3.8) is 0 Å². The lowest BCUT2D eigenvalue weighted by Crippen LogP contribution is -2.02. The van der Waals surface area contributed by atoms with E-state index < -0.39 is 6.10 Å². The first-order chi connectivity index (χ1) is 15.2. The molecule has 0 radical (unpaired) electrons. The molecule has 0 saturated heterocycles. The topological polar surface area (TPSA) is 38.0 Å². The van der Waals surface area contributed by atoms with Gasteiger partial charge in [0.2, 0.25) is 0 Å². The first kappa shape index (κ1) is 18.3. The second-order valence-electron chi connectivity index (χ2n) is 8.29. The van der Waals surface area contributed by atoms with Crippen molar-refractivity contribution in [3.8, 4) is 5.69 Å². The van der Waals surface area contributed by atoms with Crippen molar-refractivity contribution in [2.24, 2.45) is 0 Å². The Kier molecular flexibility index (Phi) is 4.15. The lowest BCUT2D eigenvalue weighted by Gasteiger charge is -2.15. The van der Waals surface area contributed by atoms with Gasteiger partial charge >= 0.3 is 0 Å². The summed E-state index contributed by atoms with van der Waals surface area (Å²) in [7, 11) is 0. The zero-order valence-corrected chi connectivity index (χ0v) is 16.9. The molecule has 1 aliphatic rings. The smallest absolute Gasteiger partial charge is 0.123 e. The Morgan fingerprint density at radius 3 is 2.55 bits per heavy atom. The summed E-state index contributed by atoms with van der Waals surface area (Å²) >= 11 is 0. The lowest BCUT2D eigenvalue weighted by atomic mass is 9.97. The number of rotatable bonds is 4. The first-order valence-electron chi connectivity index (χ1n) is 10.6. The quantitative estimate of drug-likeness (QED) is 0.380. The zero-order chi connectivity index (χ0) is 20.9. The van der Waals surface area contributed by atoms with Crippen LogP contribution in [0.1, 0.15) is 41.7 Å². The van der Waals surface area contributed by atoms with Crippen LogP contribution in [0.2, 0.25) is 0 Å². The van der Waals surface area contributed by atoms with Crippen LogP contribution in [0.5, 0.6) is 0 Å². The van der Waals surface area contributed by atoms with Crippen LogP contribution in [0.4, 0.5) is 4.39 Å². The van der Waals surface area contributed by atoms with Crippen LogP contribution in [0.15, 0.2) is 85.1 Å². The van der Waals surface area contributed by atoms with Gasteiger partial charge in [0.1, 0.15) is 11.9 Å². The highest BCUT2D eigenvalue weighted by Crippen LogP contribution is 2.44. The van der Waals surface area contributed by atoms with Gasteiger partial charge in [0.25, 0.3) is 0 Å². The Balaban J connectivity index is 1.48. The molecule has 0 amide bonds. The minimum atomic E-state index is -0.740. The fourth-order valence-corrected chi connectivity index (χ4v) is 4.52. The second kappa shape index (κ2) is 7.03. The predicted molar refractivity (Wildman–Crippen MR) is 121 cm³/mol. The molecule has 0 aliphatic heterocycles. The Labute approximate surface area is 179 Å². The molecule has 4 heteroatoms. The van der Waals surface area contributed by atoms with Crippen LogP contribution in [0, 0.1) is 5.82 Å². The molecule has 0 bridgehead atoms. The molecule has 31 heavy (non-hydrogen) atoms. The number of halogens is 1. The lowest BCUT2D eigenvalue weighted by molar-refractivity contribution is 0.222. The summed E-state index contributed by atoms with van der Waals surface area (Å²) < 4.78 is 15.7. The molecule has 1 aliphatic carbocycles. The third kappa shape index (κ3) is 3.11. The van der Waals surface area contributed by atoms with Crippen LogP contribution in [-0.4, -0.2) is 14.7 Å². The van der Waals surface area contributed by atoms with E-state index >= 15 is 0 Å². The molecule has 1 N–H and O–H groups in total. The fourth-order valence-electron chi connectivity index (χ4n) is 4.52. The number of nitrogens with zero attached hydrogens (tertiary/aromatic N) is 2. The molecular weight excluding hydrogens is 387 g/mol. The number of hydrogen-bond donors (Lipinski definition) is 1. The number of aliphatic hydroxyl groups is 1. The van der Waals surface area contributed by atoms with Crippen molar-refractivity contribution < 1.29 is 9.50 Å². The third-order valence-electron chi connectivity index (χ3n) is 6.23. The van der Waals surface area contributed by atoms with Gasteiger partial charge in [-0.25, -0.2) is 4.39 Å². The van der Waals surface area contributed by atoms with Gasteiger partial charge in [0.05, 0.1) is 11.0 Å². The molecular formula is C27H21FN2O. The van der Waals surface area contributed by atoms with E-state index in [4.69, 9.17) is 0 Å². The molecule has 0 spiro atoms. The van der Waals surface area contributed by atoms with Crippen molar-refractivity contribution in [1.29, 1.82) is 0 Å². The molecule has 152 valence electrons. The van der Waals surface area contributed by atoms with E-state index in [0.717, 1.165) is 38.6 Å². The Morgan fingerprint density at radius 2 is 1.74 bits per heavy atom. The molecule has 5 aromatic rings. The van der Waals surface area contributed by atoms with E-state index in [1.54, 1.807) is 6.20 Å². The highest BCUT2D eigenvalue weighted by atomic mass is 19.1. The summed E-state index contributed by atoms with van der Waals surface area (Å²) in [5, 5.41) is 13.3. The maximum Gasteiger partial charge on any atom is 0.123 e. The van der Waals surface area contributed by atoms with Gasteiger partial charge in [-0.3, -0.25) is 4.98 Å². The number of fused-ring (bicyclic) bond motifs is 2. The van der Waals surface area contributed by atoms with Gasteiger partial charge in [-0.1, -0.05) is 24.3 Å². The maximum atomic E-state index is 13.5. The molecule has 6 rings (SSSR count). The average molecular weight is 408 g/mol. The number of hydrogen-bond acceptors (Lipinski definition) is 2. The van der Waals surface area contributed by atoms with Crippen molar-refractivity contribution in [2.75, 3.05) is 0 Å². The average Bonchev–Trinajstić information content (AvgIpc) is 3.59. The minimum Gasteiger partial charge on any atom is -0.384 e. The first-order valence-corrected chi connectivity index (χ1v) is 10.6. The highest BCUT2D eigenvalue weighted by Gasteiger charge is 2.28. The third-order valence-corrected chi connectivity index (χ3v) is 6.23. The highest BCUT2D eigenvalue weighted by molar-refractivity contribution is 5.86. The van der Waals surface area contributed by atoms with Crippen LogP contribution in [0.3, 0.4) is 0 Å². The largest absolute Gasteiger partial charge is 0.384 e. The standard InChI is InChI=1S/C27H21FN2O/c28-20-8-10-21(11-9-20)30-25-12-7-18(15-19(25)16-26(30)17-5-6-17)27(31)23-13-14-29-24-4-2-1-3-22(23)24/h1-4,7-17,27,31H,5-6H2.